The first-order chi connectivity index (χ1) is 13.5. The van der Waals surface area contributed by atoms with E-state index in [1.165, 1.54) is 12.1 Å². The molecule has 0 unspecified atom stereocenters. The summed E-state index contributed by atoms with van der Waals surface area (Å²) in [5.41, 5.74) is 2.45. The lowest BCUT2D eigenvalue weighted by Gasteiger charge is -2.40. The average molecular weight is 376 g/mol. The van der Waals surface area contributed by atoms with Crippen molar-refractivity contribution in [1.29, 1.82) is 0 Å². The summed E-state index contributed by atoms with van der Waals surface area (Å²) in [5, 5.41) is 19.9. The molecule has 1 heterocycles. The standard InChI is InChI=1S/C23H20O5/c1-3-14-4-5-15(13-24)20(10-14)23(27-2)18-8-6-16(25)11-21(18)28-22-12-17(26)7-9-19(22)23/h4-13,25-26H,3H2,1-2H3. The Kier molecular flexibility index (Phi) is 4.32. The van der Waals surface area contributed by atoms with Crippen molar-refractivity contribution in [3.8, 4) is 23.0 Å². The molecule has 0 spiro atoms. The van der Waals surface area contributed by atoms with Crippen molar-refractivity contribution in [2.75, 3.05) is 7.11 Å². The van der Waals surface area contributed by atoms with Gasteiger partial charge in [-0.1, -0.05) is 25.1 Å². The molecule has 142 valence electrons. The van der Waals surface area contributed by atoms with Crippen molar-refractivity contribution in [3.05, 3.63) is 82.4 Å². The highest BCUT2D eigenvalue weighted by molar-refractivity contribution is 5.80. The van der Waals surface area contributed by atoms with Gasteiger partial charge in [0.1, 0.15) is 29.3 Å². The summed E-state index contributed by atoms with van der Waals surface area (Å²) in [6, 6.07) is 15.3. The predicted octanol–water partition coefficient (Wildman–Crippen LogP) is 4.52. The number of methoxy groups -OCH3 is 1. The fourth-order valence-electron chi connectivity index (χ4n) is 3.89. The Hall–Kier alpha value is -3.31. The lowest BCUT2D eigenvalue weighted by Crippen LogP contribution is -2.36. The minimum atomic E-state index is -1.13. The summed E-state index contributed by atoms with van der Waals surface area (Å²) in [4.78, 5) is 11.9. The van der Waals surface area contributed by atoms with Crippen LogP contribution in [0.15, 0.2) is 54.6 Å². The molecule has 2 N–H and O–H groups in total. The number of ether oxygens (including phenoxy) is 2. The third-order valence-electron chi connectivity index (χ3n) is 5.25. The monoisotopic (exact) mass is 376 g/mol. The minimum absolute atomic E-state index is 0.0466. The number of carbonyl (C=O) groups excluding carboxylic acids is 1. The molecule has 3 aromatic carbocycles. The zero-order valence-corrected chi connectivity index (χ0v) is 15.6. The third kappa shape index (κ3) is 2.55. The van der Waals surface area contributed by atoms with Crippen molar-refractivity contribution in [3.63, 3.8) is 0 Å². The summed E-state index contributed by atoms with van der Waals surface area (Å²) in [7, 11) is 1.58. The molecule has 0 bridgehead atoms. The van der Waals surface area contributed by atoms with Crippen molar-refractivity contribution >= 4 is 6.29 Å². The van der Waals surface area contributed by atoms with Gasteiger partial charge in [-0.3, -0.25) is 4.79 Å². The van der Waals surface area contributed by atoms with Gasteiger partial charge in [0.05, 0.1) is 0 Å². The normalized spacial score (nSPS) is 13.9. The second-order valence-electron chi connectivity index (χ2n) is 6.74. The number of aldehydes is 1. The molecule has 3 aromatic rings. The maximum atomic E-state index is 11.9. The Morgan fingerprint density at radius 1 is 0.929 bits per heavy atom. The molecule has 0 saturated heterocycles. The molecule has 0 aliphatic carbocycles. The van der Waals surface area contributed by atoms with Crippen LogP contribution < -0.4 is 4.74 Å². The van der Waals surface area contributed by atoms with E-state index in [0.717, 1.165) is 18.3 Å². The highest BCUT2D eigenvalue weighted by Crippen LogP contribution is 2.54. The van der Waals surface area contributed by atoms with Crippen molar-refractivity contribution in [2.45, 2.75) is 18.9 Å². The van der Waals surface area contributed by atoms with Crippen LogP contribution >= 0.6 is 0 Å². The fraction of sp³-hybridized carbons (Fsp3) is 0.174. The molecule has 1 aliphatic rings. The maximum absolute atomic E-state index is 11.9. The number of aromatic hydroxyl groups is 2. The molecule has 0 aromatic heterocycles. The zero-order chi connectivity index (χ0) is 19.9. The molecule has 0 radical (unpaired) electrons. The highest BCUT2D eigenvalue weighted by atomic mass is 16.5. The van der Waals surface area contributed by atoms with Gasteiger partial charge in [0.15, 0.2) is 5.60 Å². The number of aryl methyl sites for hydroxylation is 1. The van der Waals surface area contributed by atoms with E-state index in [9.17, 15) is 15.0 Å². The third-order valence-corrected chi connectivity index (χ3v) is 5.25. The van der Waals surface area contributed by atoms with Crippen LogP contribution in [-0.4, -0.2) is 23.6 Å². The van der Waals surface area contributed by atoms with Crippen LogP contribution in [0.1, 0.15) is 39.5 Å². The van der Waals surface area contributed by atoms with E-state index in [0.29, 0.717) is 33.8 Å². The van der Waals surface area contributed by atoms with E-state index in [1.807, 2.05) is 19.1 Å². The van der Waals surface area contributed by atoms with E-state index < -0.39 is 5.60 Å². The average Bonchev–Trinajstić information content (AvgIpc) is 2.71. The molecule has 1 aliphatic heterocycles. The van der Waals surface area contributed by atoms with Gasteiger partial charge in [0.25, 0.3) is 0 Å². The molecule has 0 saturated carbocycles. The number of rotatable bonds is 4. The van der Waals surface area contributed by atoms with E-state index in [4.69, 9.17) is 9.47 Å². The van der Waals surface area contributed by atoms with E-state index >= 15 is 0 Å². The fourth-order valence-corrected chi connectivity index (χ4v) is 3.89. The van der Waals surface area contributed by atoms with Crippen LogP contribution in [0.5, 0.6) is 23.0 Å². The molecule has 0 fully saturated rings. The number of phenols is 2. The highest BCUT2D eigenvalue weighted by Gasteiger charge is 2.46. The molecule has 4 rings (SSSR count). The summed E-state index contributed by atoms with van der Waals surface area (Å²) < 4.78 is 12.1. The first-order valence-corrected chi connectivity index (χ1v) is 9.02. The van der Waals surface area contributed by atoms with Gasteiger partial charge in [0, 0.05) is 41.5 Å². The van der Waals surface area contributed by atoms with Crippen molar-refractivity contribution in [1.82, 2.24) is 0 Å². The second kappa shape index (κ2) is 6.69. The predicted molar refractivity (Wildman–Crippen MR) is 104 cm³/mol. The summed E-state index contributed by atoms with van der Waals surface area (Å²) >= 11 is 0. The largest absolute Gasteiger partial charge is 0.508 e. The molecular weight excluding hydrogens is 356 g/mol. The van der Waals surface area contributed by atoms with Crippen molar-refractivity contribution in [2.24, 2.45) is 0 Å². The van der Waals surface area contributed by atoms with Crippen LogP contribution in [-0.2, 0) is 16.8 Å². The van der Waals surface area contributed by atoms with Crippen LogP contribution in [0.3, 0.4) is 0 Å². The molecule has 0 amide bonds. The number of carbonyl (C=O) groups is 1. The topological polar surface area (TPSA) is 76.0 Å². The number of hydrogen-bond donors (Lipinski definition) is 2. The summed E-state index contributed by atoms with van der Waals surface area (Å²) in [6.45, 7) is 2.04. The van der Waals surface area contributed by atoms with Gasteiger partial charge < -0.3 is 19.7 Å². The second-order valence-corrected chi connectivity index (χ2v) is 6.74. The van der Waals surface area contributed by atoms with Crippen LogP contribution in [0.4, 0.5) is 0 Å². The smallest absolute Gasteiger partial charge is 0.151 e. The molecule has 5 nitrogen and oxygen atoms in total. The van der Waals surface area contributed by atoms with E-state index in [2.05, 4.69) is 0 Å². The quantitative estimate of drug-likeness (QED) is 0.655. The molecule has 28 heavy (non-hydrogen) atoms. The Labute approximate surface area is 162 Å². The zero-order valence-electron chi connectivity index (χ0n) is 15.6. The summed E-state index contributed by atoms with van der Waals surface area (Å²) in [6.07, 6.45) is 1.61. The SMILES string of the molecule is CCc1ccc(C=O)c(C2(OC)c3ccc(O)cc3Oc3cc(O)ccc32)c1. The van der Waals surface area contributed by atoms with Crippen LogP contribution in [0.25, 0.3) is 0 Å². The van der Waals surface area contributed by atoms with Crippen molar-refractivity contribution < 1.29 is 24.5 Å². The maximum Gasteiger partial charge on any atom is 0.151 e. The summed E-state index contributed by atoms with van der Waals surface area (Å²) in [5.74, 6) is 0.896. The number of phenolic OH excluding ortho intramolecular Hbond substituents is 2. The first-order valence-electron chi connectivity index (χ1n) is 9.02. The lowest BCUT2D eigenvalue weighted by molar-refractivity contribution is 0.0489. The van der Waals surface area contributed by atoms with Crippen LogP contribution in [0, 0.1) is 0 Å². The molecular formula is C23H20O5. The number of benzene rings is 3. The number of hydrogen-bond acceptors (Lipinski definition) is 5. The van der Waals surface area contributed by atoms with Gasteiger partial charge in [-0.05, 0) is 36.2 Å². The Morgan fingerprint density at radius 2 is 1.54 bits per heavy atom. The van der Waals surface area contributed by atoms with Gasteiger partial charge in [-0.2, -0.15) is 0 Å². The Morgan fingerprint density at radius 3 is 2.04 bits per heavy atom. The first kappa shape index (κ1) is 18.1. The van der Waals surface area contributed by atoms with E-state index in [1.54, 1.807) is 37.4 Å². The number of fused-ring (bicyclic) bond motifs is 2. The van der Waals surface area contributed by atoms with E-state index in [-0.39, 0.29) is 11.5 Å². The Balaban J connectivity index is 2.13. The Bertz CT molecular complexity index is 1020. The molecule has 0 atom stereocenters. The minimum Gasteiger partial charge on any atom is -0.508 e. The molecule has 5 heteroatoms. The lowest BCUT2D eigenvalue weighted by atomic mass is 9.75. The van der Waals surface area contributed by atoms with Gasteiger partial charge in [-0.15, -0.1) is 0 Å². The van der Waals surface area contributed by atoms with Gasteiger partial charge in [-0.25, -0.2) is 0 Å². The van der Waals surface area contributed by atoms with Gasteiger partial charge in [0.2, 0.25) is 0 Å². The van der Waals surface area contributed by atoms with Gasteiger partial charge >= 0.3 is 0 Å². The van der Waals surface area contributed by atoms with Crippen LogP contribution in [0.2, 0.25) is 0 Å².